The molecule has 2 aromatic rings. The summed E-state index contributed by atoms with van der Waals surface area (Å²) in [5.41, 5.74) is -0.116. The summed E-state index contributed by atoms with van der Waals surface area (Å²) >= 11 is 0. The minimum absolute atomic E-state index is 0.118. The molecule has 0 spiro atoms. The van der Waals surface area contributed by atoms with E-state index in [1.807, 2.05) is 0 Å². The second kappa shape index (κ2) is 6.23. The highest BCUT2D eigenvalue weighted by Crippen LogP contribution is 2.23. The number of likely N-dealkylation sites (tertiary alicyclic amines) is 1. The van der Waals surface area contributed by atoms with Gasteiger partial charge >= 0.3 is 0 Å². The molecule has 1 amide bonds. The zero-order chi connectivity index (χ0) is 16.4. The van der Waals surface area contributed by atoms with Crippen LogP contribution in [0.3, 0.4) is 0 Å². The molecule has 23 heavy (non-hydrogen) atoms. The smallest absolute Gasteiger partial charge is 0.272 e. The summed E-state index contributed by atoms with van der Waals surface area (Å²) in [4.78, 5) is 21.7. The topological polar surface area (TPSA) is 58.1 Å². The maximum absolute atomic E-state index is 13.7. The maximum atomic E-state index is 13.7. The van der Waals surface area contributed by atoms with Crippen LogP contribution in [0.25, 0.3) is 0 Å². The van der Waals surface area contributed by atoms with Gasteiger partial charge < -0.3 is 10.2 Å². The first-order chi connectivity index (χ1) is 11.1. The van der Waals surface area contributed by atoms with Crippen molar-refractivity contribution in [2.45, 2.75) is 12.8 Å². The lowest BCUT2D eigenvalue weighted by molar-refractivity contribution is 0.0787. The first-order valence-corrected chi connectivity index (χ1v) is 7.08. The highest BCUT2D eigenvalue weighted by Gasteiger charge is 2.21. The molecule has 120 valence electrons. The third-order valence-electron chi connectivity index (χ3n) is 3.58. The number of nitrogens with zero attached hydrogens (tertiary/aromatic N) is 3. The summed E-state index contributed by atoms with van der Waals surface area (Å²) in [7, 11) is 0. The highest BCUT2D eigenvalue weighted by molar-refractivity contribution is 5.93. The van der Waals surface area contributed by atoms with E-state index in [4.69, 9.17) is 0 Å². The number of aromatic nitrogens is 2. The van der Waals surface area contributed by atoms with Crippen LogP contribution in [0.2, 0.25) is 0 Å². The molecule has 8 heteroatoms. The van der Waals surface area contributed by atoms with Crippen LogP contribution in [0.5, 0.6) is 0 Å². The number of anilines is 2. The predicted molar refractivity (Wildman–Crippen MR) is 76.8 cm³/mol. The van der Waals surface area contributed by atoms with Gasteiger partial charge in [0.05, 0.1) is 5.69 Å². The van der Waals surface area contributed by atoms with Gasteiger partial charge in [0, 0.05) is 19.2 Å². The first-order valence-electron chi connectivity index (χ1n) is 7.08. The molecule has 1 aromatic carbocycles. The van der Waals surface area contributed by atoms with E-state index in [2.05, 4.69) is 15.3 Å². The number of carbonyl (C=O) groups excluding carboxylic acids is 1. The van der Waals surface area contributed by atoms with Crippen molar-refractivity contribution in [1.82, 2.24) is 14.9 Å². The van der Waals surface area contributed by atoms with Crippen molar-refractivity contribution in [2.24, 2.45) is 0 Å². The van der Waals surface area contributed by atoms with Crippen LogP contribution >= 0.6 is 0 Å². The van der Waals surface area contributed by atoms with Gasteiger partial charge in [0.1, 0.15) is 17.8 Å². The third kappa shape index (κ3) is 3.10. The molecule has 0 aliphatic carbocycles. The Hall–Kier alpha value is -2.64. The predicted octanol–water partition coefficient (Wildman–Crippen LogP) is 2.87. The van der Waals surface area contributed by atoms with Gasteiger partial charge in [0.2, 0.25) is 0 Å². The van der Waals surface area contributed by atoms with E-state index in [9.17, 15) is 18.0 Å². The molecular formula is C15H13F3N4O. The molecule has 1 N–H and O–H groups in total. The number of halogens is 3. The van der Waals surface area contributed by atoms with Crippen LogP contribution in [0.1, 0.15) is 23.3 Å². The molecule has 0 radical (unpaired) electrons. The van der Waals surface area contributed by atoms with Gasteiger partial charge in [0.25, 0.3) is 5.91 Å². The van der Waals surface area contributed by atoms with E-state index in [0.29, 0.717) is 13.1 Å². The summed E-state index contributed by atoms with van der Waals surface area (Å²) in [6.45, 7) is 1.34. The average molecular weight is 322 g/mol. The normalized spacial score (nSPS) is 14.1. The Morgan fingerprint density at radius 2 is 1.83 bits per heavy atom. The summed E-state index contributed by atoms with van der Waals surface area (Å²) in [6.07, 6.45) is 3.05. The monoisotopic (exact) mass is 322 g/mol. The number of amides is 1. The van der Waals surface area contributed by atoms with Crippen molar-refractivity contribution in [1.29, 1.82) is 0 Å². The fourth-order valence-electron chi connectivity index (χ4n) is 2.39. The summed E-state index contributed by atoms with van der Waals surface area (Å²) < 4.78 is 39.8. The van der Waals surface area contributed by atoms with Gasteiger partial charge in [-0.05, 0) is 25.0 Å². The molecule has 1 saturated heterocycles. The van der Waals surface area contributed by atoms with Crippen molar-refractivity contribution in [3.8, 4) is 0 Å². The van der Waals surface area contributed by atoms with Crippen LogP contribution in [-0.2, 0) is 0 Å². The Morgan fingerprint density at radius 1 is 1.09 bits per heavy atom. The molecule has 0 unspecified atom stereocenters. The Labute approximate surface area is 130 Å². The minimum Gasteiger partial charge on any atom is -0.338 e. The standard InChI is InChI=1S/C15H13F3N4O/c16-9-3-4-10(14(18)13(9)17)21-12-7-11(19-8-20-12)15(23)22-5-1-2-6-22/h3-4,7-8H,1-2,5-6H2,(H,19,20,21). The largest absolute Gasteiger partial charge is 0.338 e. The lowest BCUT2D eigenvalue weighted by Gasteiger charge is -2.15. The highest BCUT2D eigenvalue weighted by atomic mass is 19.2. The van der Waals surface area contributed by atoms with Gasteiger partial charge in [-0.15, -0.1) is 0 Å². The van der Waals surface area contributed by atoms with Crippen LogP contribution in [0, 0.1) is 17.5 Å². The molecule has 0 atom stereocenters. The van der Waals surface area contributed by atoms with Crippen molar-refractivity contribution in [2.75, 3.05) is 18.4 Å². The molecule has 2 heterocycles. The Morgan fingerprint density at radius 3 is 2.57 bits per heavy atom. The number of hydrogen-bond donors (Lipinski definition) is 1. The molecule has 1 aliphatic rings. The van der Waals surface area contributed by atoms with E-state index in [-0.39, 0.29) is 23.1 Å². The van der Waals surface area contributed by atoms with E-state index in [1.54, 1.807) is 4.90 Å². The van der Waals surface area contributed by atoms with Crippen molar-refractivity contribution < 1.29 is 18.0 Å². The fourth-order valence-corrected chi connectivity index (χ4v) is 2.39. The number of rotatable bonds is 3. The molecule has 0 saturated carbocycles. The van der Waals surface area contributed by atoms with E-state index in [1.165, 1.54) is 6.07 Å². The molecular weight excluding hydrogens is 309 g/mol. The first kappa shape index (κ1) is 15.3. The third-order valence-corrected chi connectivity index (χ3v) is 3.58. The lowest BCUT2D eigenvalue weighted by atomic mass is 10.2. The van der Waals surface area contributed by atoms with Crippen LogP contribution in [0.15, 0.2) is 24.5 Å². The number of carbonyl (C=O) groups is 1. The van der Waals surface area contributed by atoms with E-state index >= 15 is 0 Å². The lowest BCUT2D eigenvalue weighted by Crippen LogP contribution is -2.28. The van der Waals surface area contributed by atoms with Crippen molar-refractivity contribution >= 4 is 17.4 Å². The van der Waals surface area contributed by atoms with E-state index in [0.717, 1.165) is 31.3 Å². The molecule has 5 nitrogen and oxygen atoms in total. The molecule has 1 aliphatic heterocycles. The maximum Gasteiger partial charge on any atom is 0.272 e. The number of benzene rings is 1. The number of hydrogen-bond acceptors (Lipinski definition) is 4. The van der Waals surface area contributed by atoms with Gasteiger partial charge in [-0.1, -0.05) is 0 Å². The Bertz CT molecular complexity index is 747. The Kier molecular flexibility index (Phi) is 4.14. The zero-order valence-electron chi connectivity index (χ0n) is 12.0. The van der Waals surface area contributed by atoms with E-state index < -0.39 is 17.5 Å². The number of nitrogens with one attached hydrogen (secondary N) is 1. The van der Waals surface area contributed by atoms with Crippen LogP contribution in [-0.4, -0.2) is 33.9 Å². The van der Waals surface area contributed by atoms with Crippen molar-refractivity contribution in [3.05, 3.63) is 47.7 Å². The zero-order valence-corrected chi connectivity index (χ0v) is 12.0. The molecule has 1 fully saturated rings. The fraction of sp³-hybridized carbons (Fsp3) is 0.267. The summed E-state index contributed by atoms with van der Waals surface area (Å²) in [5, 5.41) is 2.52. The van der Waals surface area contributed by atoms with Crippen LogP contribution in [0.4, 0.5) is 24.7 Å². The van der Waals surface area contributed by atoms with Crippen molar-refractivity contribution in [3.63, 3.8) is 0 Å². The summed E-state index contributed by atoms with van der Waals surface area (Å²) in [5.74, 6) is -4.32. The molecule has 1 aromatic heterocycles. The molecule has 0 bridgehead atoms. The minimum atomic E-state index is -1.57. The van der Waals surface area contributed by atoms with Gasteiger partial charge in [-0.25, -0.2) is 23.1 Å². The second-order valence-electron chi connectivity index (χ2n) is 5.14. The summed E-state index contributed by atoms with van der Waals surface area (Å²) in [6, 6.07) is 3.21. The molecule has 3 rings (SSSR count). The quantitative estimate of drug-likeness (QED) is 0.883. The second-order valence-corrected chi connectivity index (χ2v) is 5.14. The Balaban J connectivity index is 1.83. The van der Waals surface area contributed by atoms with Gasteiger partial charge in [-0.2, -0.15) is 0 Å². The SMILES string of the molecule is O=C(c1cc(Nc2ccc(F)c(F)c2F)ncn1)N1CCCC1. The van der Waals surface area contributed by atoms with Crippen LogP contribution < -0.4 is 5.32 Å². The van der Waals surface area contributed by atoms with Gasteiger partial charge in [0.15, 0.2) is 17.5 Å². The average Bonchev–Trinajstić information content (AvgIpc) is 3.09. The van der Waals surface area contributed by atoms with Gasteiger partial charge in [-0.3, -0.25) is 4.79 Å².